The molecule has 1 aromatic rings. The van der Waals surface area contributed by atoms with Crippen LogP contribution in [-0.4, -0.2) is 23.7 Å². The van der Waals surface area contributed by atoms with Crippen molar-refractivity contribution < 1.29 is 9.90 Å². The van der Waals surface area contributed by atoms with Crippen LogP contribution in [0.4, 0.5) is 5.69 Å². The molecule has 0 bridgehead atoms. The molecular formula is C12H16N2O2. The maximum absolute atomic E-state index is 10.7. The van der Waals surface area contributed by atoms with E-state index in [9.17, 15) is 4.79 Å². The van der Waals surface area contributed by atoms with Gasteiger partial charge in [0.2, 0.25) is 0 Å². The summed E-state index contributed by atoms with van der Waals surface area (Å²) in [6.07, 6.45) is 0.485. The number of rotatable bonds is 3. The lowest BCUT2D eigenvalue weighted by molar-refractivity contribution is -0.138. The van der Waals surface area contributed by atoms with E-state index >= 15 is 0 Å². The number of hydrogen-bond acceptors (Lipinski definition) is 3. The van der Waals surface area contributed by atoms with Crippen LogP contribution in [0.3, 0.4) is 0 Å². The van der Waals surface area contributed by atoms with E-state index in [1.54, 1.807) is 0 Å². The second-order valence-corrected chi connectivity index (χ2v) is 4.35. The summed E-state index contributed by atoms with van der Waals surface area (Å²) in [5, 5.41) is 12.1. The van der Waals surface area contributed by atoms with E-state index in [0.29, 0.717) is 6.42 Å². The number of carboxylic acids is 1. The third kappa shape index (κ3) is 2.02. The normalized spacial score (nSPS) is 20.0. The maximum atomic E-state index is 10.7. The molecule has 0 saturated carbocycles. The van der Waals surface area contributed by atoms with Crippen molar-refractivity contribution in [3.05, 3.63) is 29.3 Å². The van der Waals surface area contributed by atoms with E-state index in [4.69, 9.17) is 10.8 Å². The summed E-state index contributed by atoms with van der Waals surface area (Å²) < 4.78 is 0. The molecule has 16 heavy (non-hydrogen) atoms. The highest BCUT2D eigenvalue weighted by Crippen LogP contribution is 2.34. The fourth-order valence-electron chi connectivity index (χ4n) is 2.14. The van der Waals surface area contributed by atoms with Gasteiger partial charge >= 0.3 is 5.97 Å². The fraction of sp³-hybridized carbons (Fsp3) is 0.417. The molecule has 0 spiro atoms. The summed E-state index contributed by atoms with van der Waals surface area (Å²) in [5.74, 6) is -0.720. The number of hydrogen-bond donors (Lipinski definition) is 3. The Kier molecular flexibility index (Phi) is 2.83. The van der Waals surface area contributed by atoms with Crippen LogP contribution in [0.5, 0.6) is 0 Å². The Balaban J connectivity index is 2.17. The Morgan fingerprint density at radius 2 is 2.44 bits per heavy atom. The molecule has 1 aliphatic rings. The largest absolute Gasteiger partial charge is 0.480 e. The first-order valence-electron chi connectivity index (χ1n) is 5.40. The van der Waals surface area contributed by atoms with Gasteiger partial charge in [-0.05, 0) is 25.0 Å². The quantitative estimate of drug-likeness (QED) is 0.717. The van der Waals surface area contributed by atoms with Gasteiger partial charge in [0.1, 0.15) is 6.04 Å². The average Bonchev–Trinajstić information content (AvgIpc) is 2.61. The summed E-state index contributed by atoms with van der Waals surface area (Å²) in [4.78, 5) is 10.7. The van der Waals surface area contributed by atoms with Gasteiger partial charge in [0, 0.05) is 18.2 Å². The van der Waals surface area contributed by atoms with Crippen LogP contribution in [0, 0.1) is 6.92 Å². The van der Waals surface area contributed by atoms with E-state index in [1.165, 1.54) is 11.1 Å². The number of carboxylic acid groups (broad SMARTS) is 1. The number of aliphatic carboxylic acids is 1. The van der Waals surface area contributed by atoms with Gasteiger partial charge in [-0.25, -0.2) is 0 Å². The second-order valence-electron chi connectivity index (χ2n) is 4.35. The molecule has 86 valence electrons. The summed E-state index contributed by atoms with van der Waals surface area (Å²) in [7, 11) is 0. The van der Waals surface area contributed by atoms with Gasteiger partial charge in [0.25, 0.3) is 0 Å². The number of nitrogens with one attached hydrogen (secondary N) is 1. The number of fused-ring (bicyclic) bond motifs is 1. The van der Waals surface area contributed by atoms with Crippen LogP contribution in [0.2, 0.25) is 0 Å². The summed E-state index contributed by atoms with van der Waals surface area (Å²) in [6.45, 7) is 2.81. The lowest BCUT2D eigenvalue weighted by Gasteiger charge is -2.13. The molecule has 0 aromatic heterocycles. The van der Waals surface area contributed by atoms with Crippen LogP contribution in [0.15, 0.2) is 18.2 Å². The molecule has 0 saturated heterocycles. The van der Waals surface area contributed by atoms with Gasteiger partial charge in [-0.15, -0.1) is 0 Å². The SMILES string of the molecule is Cc1ccc2c(c1)[C@@H](C[C@@H](N)C(=O)O)CN2. The Hall–Kier alpha value is -1.55. The zero-order chi connectivity index (χ0) is 11.7. The van der Waals surface area contributed by atoms with Crippen molar-refractivity contribution >= 4 is 11.7 Å². The van der Waals surface area contributed by atoms with Crippen molar-refractivity contribution in [1.29, 1.82) is 0 Å². The van der Waals surface area contributed by atoms with E-state index in [-0.39, 0.29) is 5.92 Å². The molecule has 0 fully saturated rings. The van der Waals surface area contributed by atoms with Gasteiger partial charge < -0.3 is 16.2 Å². The van der Waals surface area contributed by atoms with Crippen molar-refractivity contribution in [3.63, 3.8) is 0 Å². The highest BCUT2D eigenvalue weighted by atomic mass is 16.4. The fourth-order valence-corrected chi connectivity index (χ4v) is 2.14. The summed E-state index contributed by atoms with van der Waals surface area (Å²) in [5.41, 5.74) is 9.05. The monoisotopic (exact) mass is 220 g/mol. The first-order valence-corrected chi connectivity index (χ1v) is 5.40. The maximum Gasteiger partial charge on any atom is 0.320 e. The minimum atomic E-state index is -0.930. The van der Waals surface area contributed by atoms with Crippen molar-refractivity contribution in [3.8, 4) is 0 Å². The number of carbonyl (C=O) groups is 1. The topological polar surface area (TPSA) is 75.4 Å². The average molecular weight is 220 g/mol. The predicted molar refractivity (Wildman–Crippen MR) is 62.6 cm³/mol. The van der Waals surface area contributed by atoms with Crippen LogP contribution >= 0.6 is 0 Å². The molecule has 0 radical (unpaired) electrons. The Labute approximate surface area is 94.5 Å². The molecular weight excluding hydrogens is 204 g/mol. The molecule has 4 nitrogen and oxygen atoms in total. The number of nitrogens with two attached hydrogens (primary N) is 1. The van der Waals surface area contributed by atoms with Crippen molar-refractivity contribution in [2.45, 2.75) is 25.3 Å². The highest BCUT2D eigenvalue weighted by molar-refractivity contribution is 5.73. The third-order valence-electron chi connectivity index (χ3n) is 3.04. The molecule has 0 aliphatic carbocycles. The zero-order valence-electron chi connectivity index (χ0n) is 9.23. The lowest BCUT2D eigenvalue weighted by atomic mass is 9.93. The molecule has 1 aliphatic heterocycles. The molecule has 4 heteroatoms. The molecule has 2 atom stereocenters. The van der Waals surface area contributed by atoms with Crippen molar-refractivity contribution in [2.75, 3.05) is 11.9 Å². The van der Waals surface area contributed by atoms with Crippen LogP contribution < -0.4 is 11.1 Å². The molecule has 0 unspecified atom stereocenters. The van der Waals surface area contributed by atoms with E-state index in [1.807, 2.05) is 19.1 Å². The Morgan fingerprint density at radius 3 is 3.12 bits per heavy atom. The van der Waals surface area contributed by atoms with Gasteiger partial charge in [0.05, 0.1) is 0 Å². The summed E-state index contributed by atoms with van der Waals surface area (Å²) >= 11 is 0. The van der Waals surface area contributed by atoms with Gasteiger partial charge in [0.15, 0.2) is 0 Å². The third-order valence-corrected chi connectivity index (χ3v) is 3.04. The molecule has 4 N–H and O–H groups in total. The highest BCUT2D eigenvalue weighted by Gasteiger charge is 2.26. The molecule has 1 heterocycles. The van der Waals surface area contributed by atoms with Crippen molar-refractivity contribution in [2.24, 2.45) is 5.73 Å². The van der Waals surface area contributed by atoms with Gasteiger partial charge in [-0.2, -0.15) is 0 Å². The van der Waals surface area contributed by atoms with Gasteiger partial charge in [-0.3, -0.25) is 4.79 Å². The lowest BCUT2D eigenvalue weighted by Crippen LogP contribution is -2.32. The first-order chi connectivity index (χ1) is 7.58. The number of anilines is 1. The summed E-state index contributed by atoms with van der Waals surface area (Å²) in [6, 6.07) is 5.41. The Morgan fingerprint density at radius 1 is 1.69 bits per heavy atom. The van der Waals surface area contributed by atoms with Crippen LogP contribution in [-0.2, 0) is 4.79 Å². The standard InChI is InChI=1S/C12H16N2O2/c1-7-2-3-11-9(4-7)8(6-14-11)5-10(13)12(15)16/h2-4,8,10,14H,5-6,13H2,1H3,(H,15,16)/t8-,10+/m0/s1. The Bertz CT molecular complexity index is 417. The zero-order valence-corrected chi connectivity index (χ0v) is 9.23. The number of benzene rings is 1. The number of aryl methyl sites for hydroxylation is 1. The molecule has 1 aromatic carbocycles. The smallest absolute Gasteiger partial charge is 0.320 e. The van der Waals surface area contributed by atoms with Gasteiger partial charge in [-0.1, -0.05) is 17.7 Å². The molecule has 2 rings (SSSR count). The first kappa shape index (κ1) is 11.0. The second kappa shape index (κ2) is 4.14. The van der Waals surface area contributed by atoms with E-state index < -0.39 is 12.0 Å². The predicted octanol–water partition coefficient (Wildman–Crippen LogP) is 1.31. The van der Waals surface area contributed by atoms with Crippen LogP contribution in [0.25, 0.3) is 0 Å². The minimum Gasteiger partial charge on any atom is -0.480 e. The van der Waals surface area contributed by atoms with Crippen LogP contribution in [0.1, 0.15) is 23.5 Å². The molecule has 0 amide bonds. The van der Waals surface area contributed by atoms with E-state index in [2.05, 4.69) is 11.4 Å². The van der Waals surface area contributed by atoms with E-state index in [0.717, 1.165) is 12.2 Å². The minimum absolute atomic E-state index is 0.209. The van der Waals surface area contributed by atoms with Crippen molar-refractivity contribution in [1.82, 2.24) is 0 Å².